The molecule has 3 heterocycles. The van der Waals surface area contributed by atoms with Gasteiger partial charge in [0.2, 0.25) is 5.60 Å². The van der Waals surface area contributed by atoms with E-state index in [4.69, 9.17) is 21.0 Å². The number of thiazole rings is 1. The minimum Gasteiger partial charge on any atom is -0.478 e. The lowest BCUT2D eigenvalue weighted by Gasteiger charge is -2.45. The zero-order valence-electron chi connectivity index (χ0n) is 18.9. The molecule has 17 nitrogen and oxygen atoms in total. The fourth-order valence-corrected chi connectivity index (χ4v) is 4.64. The number of rotatable bonds is 10. The highest BCUT2D eigenvalue weighted by atomic mass is 32.2. The number of oxime groups is 1. The van der Waals surface area contributed by atoms with Gasteiger partial charge in [-0.25, -0.2) is 18.9 Å². The van der Waals surface area contributed by atoms with Crippen molar-refractivity contribution < 1.29 is 46.8 Å². The molecule has 0 spiro atoms. The molecule has 2 fully saturated rings. The zero-order chi connectivity index (χ0) is 27.0. The Hall–Kier alpha value is -3.55. The minimum atomic E-state index is -5.04. The average Bonchev–Trinajstić information content (AvgIpc) is 3.35. The Morgan fingerprint density at radius 3 is 2.58 bits per heavy atom. The van der Waals surface area contributed by atoms with Gasteiger partial charge in [0, 0.05) is 18.5 Å². The number of carboxylic acid groups (broad SMARTS) is 1. The number of carbonyl (C=O) groups excluding carboxylic acids is 3. The Balaban J connectivity index is 1.86. The summed E-state index contributed by atoms with van der Waals surface area (Å²) in [5.74, 6) is -3.68. The van der Waals surface area contributed by atoms with Crippen molar-refractivity contribution in [3.05, 3.63) is 11.1 Å². The maximum absolute atomic E-state index is 13.0. The summed E-state index contributed by atoms with van der Waals surface area (Å²) < 4.78 is 38.1. The number of amides is 3. The SMILES string of the molecule is CC(C)(O/N=C(\C(=O)N[C@@H]1C(=O)N(S(=O)(=O)O)[C@@H]1CN1C[C@@H](CN)OC1=O)c1csc(N)n1)C(=O)O. The number of aromatic nitrogens is 1. The van der Waals surface area contributed by atoms with Crippen LogP contribution in [-0.4, -0.2) is 105 Å². The monoisotopic (exact) mass is 549 g/mol. The molecule has 19 heteroatoms. The quantitative estimate of drug-likeness (QED) is 0.0882. The van der Waals surface area contributed by atoms with Crippen molar-refractivity contribution in [2.75, 3.05) is 25.4 Å². The van der Waals surface area contributed by atoms with E-state index in [0.29, 0.717) is 0 Å². The number of nitrogens with two attached hydrogens (primary N) is 2. The van der Waals surface area contributed by atoms with Crippen molar-refractivity contribution in [3.63, 3.8) is 0 Å². The van der Waals surface area contributed by atoms with Gasteiger partial charge in [-0.15, -0.1) is 11.3 Å². The Kier molecular flexibility index (Phi) is 7.39. The summed E-state index contributed by atoms with van der Waals surface area (Å²) in [7, 11) is -5.04. The Labute approximate surface area is 207 Å². The second-order valence-electron chi connectivity index (χ2n) is 8.19. The zero-order valence-corrected chi connectivity index (χ0v) is 20.5. The minimum absolute atomic E-state index is 0.00268. The molecule has 36 heavy (non-hydrogen) atoms. The Morgan fingerprint density at radius 2 is 2.08 bits per heavy atom. The van der Waals surface area contributed by atoms with Crippen LogP contribution in [0.2, 0.25) is 0 Å². The van der Waals surface area contributed by atoms with E-state index in [2.05, 4.69) is 15.5 Å². The van der Waals surface area contributed by atoms with Gasteiger partial charge in [0.1, 0.15) is 17.8 Å². The van der Waals surface area contributed by atoms with E-state index < -0.39 is 70.2 Å². The molecule has 0 aromatic carbocycles. The van der Waals surface area contributed by atoms with Crippen molar-refractivity contribution in [2.24, 2.45) is 10.9 Å². The van der Waals surface area contributed by atoms with E-state index in [-0.39, 0.29) is 28.2 Å². The van der Waals surface area contributed by atoms with Crippen LogP contribution in [0, 0.1) is 0 Å². The maximum atomic E-state index is 13.0. The molecular weight excluding hydrogens is 526 g/mol. The number of ether oxygens (including phenoxy) is 1. The van der Waals surface area contributed by atoms with E-state index in [0.717, 1.165) is 16.2 Å². The molecule has 3 atom stereocenters. The lowest BCUT2D eigenvalue weighted by Crippen LogP contribution is -2.74. The summed E-state index contributed by atoms with van der Waals surface area (Å²) in [5, 5.41) is 16.4. The highest BCUT2D eigenvalue weighted by Gasteiger charge is 2.55. The summed E-state index contributed by atoms with van der Waals surface area (Å²) in [6.07, 6.45) is -1.49. The molecule has 7 N–H and O–H groups in total. The lowest BCUT2D eigenvalue weighted by atomic mass is 9.97. The van der Waals surface area contributed by atoms with E-state index in [1.54, 1.807) is 0 Å². The number of carbonyl (C=O) groups is 4. The van der Waals surface area contributed by atoms with Crippen molar-refractivity contribution in [1.29, 1.82) is 0 Å². The molecular formula is C17H23N7O10S2. The fraction of sp³-hybridized carbons (Fsp3) is 0.529. The van der Waals surface area contributed by atoms with Gasteiger partial charge in [-0.05, 0) is 13.8 Å². The number of nitrogens with zero attached hydrogens (tertiary/aromatic N) is 4. The molecule has 2 saturated heterocycles. The molecule has 2 aliphatic heterocycles. The molecule has 0 radical (unpaired) electrons. The van der Waals surface area contributed by atoms with Crippen LogP contribution in [0.5, 0.6) is 0 Å². The maximum Gasteiger partial charge on any atom is 0.410 e. The van der Waals surface area contributed by atoms with Crippen LogP contribution in [0.15, 0.2) is 10.5 Å². The molecule has 3 rings (SSSR count). The highest BCUT2D eigenvalue weighted by Crippen LogP contribution is 2.26. The van der Waals surface area contributed by atoms with Gasteiger partial charge in [0.05, 0.1) is 12.6 Å². The van der Waals surface area contributed by atoms with Gasteiger partial charge in [-0.3, -0.25) is 14.1 Å². The van der Waals surface area contributed by atoms with Crippen LogP contribution in [0.1, 0.15) is 19.5 Å². The predicted molar refractivity (Wildman–Crippen MR) is 121 cm³/mol. The van der Waals surface area contributed by atoms with Crippen molar-refractivity contribution in [2.45, 2.75) is 37.6 Å². The van der Waals surface area contributed by atoms with E-state index in [9.17, 15) is 37.3 Å². The first-order valence-corrected chi connectivity index (χ1v) is 12.4. The number of nitrogens with one attached hydrogen (secondary N) is 1. The smallest absolute Gasteiger partial charge is 0.410 e. The third kappa shape index (κ3) is 5.48. The van der Waals surface area contributed by atoms with E-state index in [1.165, 1.54) is 19.2 Å². The molecule has 0 unspecified atom stereocenters. The first-order chi connectivity index (χ1) is 16.7. The van der Waals surface area contributed by atoms with Gasteiger partial charge in [0.15, 0.2) is 10.8 Å². The average molecular weight is 550 g/mol. The molecule has 0 saturated carbocycles. The number of β-lactam (4-membered cyclic amide) rings is 1. The summed E-state index contributed by atoms with van der Waals surface area (Å²) in [5.41, 5.74) is 8.56. The van der Waals surface area contributed by atoms with Gasteiger partial charge >= 0.3 is 22.4 Å². The van der Waals surface area contributed by atoms with Crippen molar-refractivity contribution in [3.8, 4) is 0 Å². The topological polar surface area (TPSA) is 257 Å². The number of aliphatic carboxylic acids is 1. The predicted octanol–water partition coefficient (Wildman–Crippen LogP) is -2.41. The summed E-state index contributed by atoms with van der Waals surface area (Å²) in [6.45, 7) is 1.90. The molecule has 3 amide bonds. The number of hydrogen-bond donors (Lipinski definition) is 5. The third-order valence-electron chi connectivity index (χ3n) is 5.18. The van der Waals surface area contributed by atoms with Crippen molar-refractivity contribution >= 4 is 56.4 Å². The summed E-state index contributed by atoms with van der Waals surface area (Å²) in [4.78, 5) is 58.9. The molecule has 1 aromatic rings. The largest absolute Gasteiger partial charge is 0.478 e. The number of anilines is 1. The first-order valence-electron chi connectivity index (χ1n) is 10.1. The van der Waals surface area contributed by atoms with Crippen LogP contribution < -0.4 is 16.8 Å². The number of cyclic esters (lactones) is 1. The third-order valence-corrected chi connectivity index (χ3v) is 6.81. The highest BCUT2D eigenvalue weighted by molar-refractivity contribution is 7.84. The molecule has 1 aromatic heterocycles. The van der Waals surface area contributed by atoms with Crippen LogP contribution in [0.3, 0.4) is 0 Å². The first kappa shape index (κ1) is 27.0. The van der Waals surface area contributed by atoms with Crippen molar-refractivity contribution in [1.82, 2.24) is 19.5 Å². The molecule has 0 aliphatic carbocycles. The standard InChI is InChI=1S/C17H23N7O10S2/c1-17(2,14(27)28)34-22-10(8-6-35-15(19)20-8)12(25)21-11-9(24(13(11)26)36(30,31)32)5-23-4-7(3-18)33-16(23)29/h6-7,9,11H,3-5,18H2,1-2H3,(H2,19,20)(H,21,25)(H,27,28)(H,30,31,32)/b22-10-/t7-,9-,11+/m1/s1. The fourth-order valence-electron chi connectivity index (χ4n) is 3.22. The Bertz CT molecular complexity index is 1210. The number of nitrogen functional groups attached to an aromatic ring is 1. The van der Waals surface area contributed by atoms with Gasteiger partial charge < -0.3 is 36.4 Å². The van der Waals surface area contributed by atoms with Gasteiger partial charge in [0.25, 0.3) is 11.8 Å². The number of hydrogen-bond acceptors (Lipinski definition) is 13. The molecule has 0 bridgehead atoms. The van der Waals surface area contributed by atoms with E-state index in [1.807, 2.05) is 0 Å². The van der Waals surface area contributed by atoms with Gasteiger partial charge in [-0.1, -0.05) is 5.16 Å². The second kappa shape index (κ2) is 9.84. The second-order valence-corrected chi connectivity index (χ2v) is 10.4. The van der Waals surface area contributed by atoms with Crippen LogP contribution in [0.4, 0.5) is 9.93 Å². The molecule has 198 valence electrons. The Morgan fingerprint density at radius 1 is 1.42 bits per heavy atom. The lowest BCUT2D eigenvalue weighted by molar-refractivity contribution is -0.161. The number of carboxylic acids is 1. The summed E-state index contributed by atoms with van der Waals surface area (Å²) in [6, 6.07) is -2.93. The van der Waals surface area contributed by atoms with Crippen LogP contribution in [-0.2, 0) is 34.3 Å². The van der Waals surface area contributed by atoms with Gasteiger partial charge in [-0.2, -0.15) is 8.42 Å². The normalized spacial score (nSPS) is 22.8. The summed E-state index contributed by atoms with van der Waals surface area (Å²) >= 11 is 0.935. The van der Waals surface area contributed by atoms with Crippen LogP contribution >= 0.6 is 11.3 Å². The molecule has 2 aliphatic rings. The van der Waals surface area contributed by atoms with Crippen LogP contribution in [0.25, 0.3) is 0 Å². The van der Waals surface area contributed by atoms with E-state index >= 15 is 0 Å².